The molecule has 1 aliphatic rings. The molecule has 3 rings (SSSR count). The van der Waals surface area contributed by atoms with Crippen LogP contribution in [0.4, 0.5) is 0 Å². The van der Waals surface area contributed by atoms with Crippen molar-refractivity contribution in [2.45, 2.75) is 57.0 Å². The summed E-state index contributed by atoms with van der Waals surface area (Å²) in [6.07, 6.45) is 3.12. The van der Waals surface area contributed by atoms with Crippen LogP contribution in [0.2, 0.25) is 0 Å². The third kappa shape index (κ3) is 5.86. The van der Waals surface area contributed by atoms with Crippen molar-refractivity contribution in [3.63, 3.8) is 0 Å². The first kappa shape index (κ1) is 23.3. The largest absolute Gasteiger partial charge is 0.497 e. The van der Waals surface area contributed by atoms with Crippen LogP contribution in [0.15, 0.2) is 53.4 Å². The Hall–Kier alpha value is -2.38. The summed E-state index contributed by atoms with van der Waals surface area (Å²) in [7, 11) is -1.82. The van der Waals surface area contributed by atoms with E-state index in [-0.39, 0.29) is 5.91 Å². The number of aryl methyl sites for hydroxylation is 1. The minimum absolute atomic E-state index is 0.137. The van der Waals surface area contributed by atoms with Gasteiger partial charge in [-0.15, -0.1) is 0 Å². The minimum atomic E-state index is -3.46. The highest BCUT2D eigenvalue weighted by atomic mass is 32.2. The Balaban J connectivity index is 1.60. The zero-order valence-corrected chi connectivity index (χ0v) is 19.4. The van der Waals surface area contributed by atoms with Crippen LogP contribution in [-0.4, -0.2) is 49.8 Å². The molecule has 1 fully saturated rings. The molecule has 168 valence electrons. The summed E-state index contributed by atoms with van der Waals surface area (Å²) < 4.78 is 31.9. The molecule has 0 aromatic heterocycles. The summed E-state index contributed by atoms with van der Waals surface area (Å²) in [6, 6.07) is 15.1. The van der Waals surface area contributed by atoms with Gasteiger partial charge in [-0.2, -0.15) is 4.31 Å². The molecule has 6 nitrogen and oxygen atoms in total. The van der Waals surface area contributed by atoms with Gasteiger partial charge >= 0.3 is 0 Å². The van der Waals surface area contributed by atoms with Gasteiger partial charge in [-0.1, -0.05) is 38.1 Å². The molecule has 2 aromatic rings. The number of amides is 1. The first-order valence-corrected chi connectivity index (χ1v) is 12.3. The standard InChI is InChI=1S/C24H32N2O4S/c1-4-25(5-2)31(28,29)23-15-8-19(9-16-23)10-17-24(27)26(21-11-12-21)18-20-6-13-22(30-3)14-7-20/h6-9,13-16,21H,4-5,10-12,17-18H2,1-3H3. The Bertz CT molecular complexity index is 964. The van der Waals surface area contributed by atoms with E-state index in [9.17, 15) is 13.2 Å². The lowest BCUT2D eigenvalue weighted by molar-refractivity contribution is -0.132. The molecule has 1 saturated carbocycles. The van der Waals surface area contributed by atoms with Gasteiger partial charge in [-0.3, -0.25) is 4.79 Å². The van der Waals surface area contributed by atoms with Crippen molar-refractivity contribution >= 4 is 15.9 Å². The maximum atomic E-state index is 12.9. The fourth-order valence-electron chi connectivity index (χ4n) is 3.67. The number of carbonyl (C=O) groups excluding carboxylic acids is 1. The molecular formula is C24H32N2O4S. The Kier molecular flexibility index (Phi) is 7.73. The topological polar surface area (TPSA) is 66.9 Å². The van der Waals surface area contributed by atoms with E-state index in [1.165, 1.54) is 4.31 Å². The number of benzene rings is 2. The molecule has 0 N–H and O–H groups in total. The number of ether oxygens (including phenoxy) is 1. The summed E-state index contributed by atoms with van der Waals surface area (Å²) in [5, 5.41) is 0. The van der Waals surface area contributed by atoms with Crippen molar-refractivity contribution in [2.24, 2.45) is 0 Å². The van der Waals surface area contributed by atoms with Crippen LogP contribution in [0.5, 0.6) is 5.75 Å². The fraction of sp³-hybridized carbons (Fsp3) is 0.458. The second-order valence-electron chi connectivity index (χ2n) is 7.83. The lowest BCUT2D eigenvalue weighted by Gasteiger charge is -2.23. The number of hydrogen-bond donors (Lipinski definition) is 0. The zero-order chi connectivity index (χ0) is 22.4. The van der Waals surface area contributed by atoms with E-state index in [4.69, 9.17) is 4.74 Å². The van der Waals surface area contributed by atoms with Gasteiger partial charge in [0, 0.05) is 32.1 Å². The van der Waals surface area contributed by atoms with E-state index >= 15 is 0 Å². The number of methoxy groups -OCH3 is 1. The Morgan fingerprint density at radius 3 is 2.06 bits per heavy atom. The lowest BCUT2D eigenvalue weighted by atomic mass is 10.1. The molecule has 1 aliphatic carbocycles. The van der Waals surface area contributed by atoms with E-state index in [0.29, 0.717) is 43.4 Å². The van der Waals surface area contributed by atoms with Crippen LogP contribution < -0.4 is 4.74 Å². The molecule has 0 radical (unpaired) electrons. The molecule has 7 heteroatoms. The van der Waals surface area contributed by atoms with Gasteiger partial charge in [0.1, 0.15) is 5.75 Å². The monoisotopic (exact) mass is 444 g/mol. The second kappa shape index (κ2) is 10.3. The second-order valence-corrected chi connectivity index (χ2v) is 9.77. The quantitative estimate of drug-likeness (QED) is 0.528. The maximum Gasteiger partial charge on any atom is 0.243 e. The molecule has 0 heterocycles. The SMILES string of the molecule is CCN(CC)S(=O)(=O)c1ccc(CCC(=O)N(Cc2ccc(OC)cc2)C2CC2)cc1. The molecule has 0 saturated heterocycles. The summed E-state index contributed by atoms with van der Waals surface area (Å²) in [5.41, 5.74) is 2.05. The number of nitrogens with zero attached hydrogens (tertiary/aromatic N) is 2. The van der Waals surface area contributed by atoms with E-state index < -0.39 is 10.0 Å². The number of hydrogen-bond acceptors (Lipinski definition) is 4. The molecule has 2 aromatic carbocycles. The van der Waals surface area contributed by atoms with E-state index in [0.717, 1.165) is 29.7 Å². The van der Waals surface area contributed by atoms with Crippen molar-refractivity contribution in [3.8, 4) is 5.75 Å². The summed E-state index contributed by atoms with van der Waals surface area (Å²) in [6.45, 7) is 5.16. The first-order chi connectivity index (χ1) is 14.9. The highest BCUT2D eigenvalue weighted by Crippen LogP contribution is 2.29. The van der Waals surface area contributed by atoms with Crippen LogP contribution >= 0.6 is 0 Å². The highest BCUT2D eigenvalue weighted by Gasteiger charge is 2.32. The van der Waals surface area contributed by atoms with Crippen molar-refractivity contribution in [1.82, 2.24) is 9.21 Å². The predicted octanol–water partition coefficient (Wildman–Crippen LogP) is 3.85. The van der Waals surface area contributed by atoms with Crippen molar-refractivity contribution < 1.29 is 17.9 Å². The van der Waals surface area contributed by atoms with Gasteiger partial charge < -0.3 is 9.64 Å². The predicted molar refractivity (Wildman–Crippen MR) is 121 cm³/mol. The first-order valence-electron chi connectivity index (χ1n) is 10.9. The molecule has 0 unspecified atom stereocenters. The number of rotatable bonds is 11. The van der Waals surface area contributed by atoms with E-state index in [1.807, 2.05) is 55.1 Å². The van der Waals surface area contributed by atoms with Crippen LogP contribution in [0, 0.1) is 0 Å². The molecule has 0 atom stereocenters. The Morgan fingerprint density at radius 2 is 1.55 bits per heavy atom. The third-order valence-corrected chi connectivity index (χ3v) is 7.78. The van der Waals surface area contributed by atoms with Crippen LogP contribution in [0.1, 0.15) is 44.2 Å². The van der Waals surface area contributed by atoms with E-state index in [1.54, 1.807) is 19.2 Å². The molecule has 0 spiro atoms. The molecule has 31 heavy (non-hydrogen) atoms. The normalized spacial score (nSPS) is 13.9. The van der Waals surface area contributed by atoms with Crippen molar-refractivity contribution in [2.75, 3.05) is 20.2 Å². The highest BCUT2D eigenvalue weighted by molar-refractivity contribution is 7.89. The summed E-state index contributed by atoms with van der Waals surface area (Å²) in [4.78, 5) is 15.2. The van der Waals surface area contributed by atoms with Crippen LogP contribution in [0.3, 0.4) is 0 Å². The third-order valence-electron chi connectivity index (χ3n) is 5.71. The lowest BCUT2D eigenvalue weighted by Crippen LogP contribution is -2.32. The molecule has 1 amide bonds. The Labute approximate surface area is 185 Å². The van der Waals surface area contributed by atoms with Gasteiger partial charge in [0.2, 0.25) is 15.9 Å². The zero-order valence-electron chi connectivity index (χ0n) is 18.6. The molecular weight excluding hydrogens is 412 g/mol. The minimum Gasteiger partial charge on any atom is -0.497 e. The van der Waals surface area contributed by atoms with Gasteiger partial charge in [0.15, 0.2) is 0 Å². The molecule has 0 bridgehead atoms. The fourth-order valence-corrected chi connectivity index (χ4v) is 5.13. The van der Waals surface area contributed by atoms with Gasteiger partial charge in [-0.05, 0) is 54.7 Å². The van der Waals surface area contributed by atoms with E-state index in [2.05, 4.69) is 0 Å². The van der Waals surface area contributed by atoms with Crippen LogP contribution in [0.25, 0.3) is 0 Å². The Morgan fingerprint density at radius 1 is 0.968 bits per heavy atom. The number of carbonyl (C=O) groups is 1. The average molecular weight is 445 g/mol. The summed E-state index contributed by atoms with van der Waals surface area (Å²) in [5.74, 6) is 0.942. The average Bonchev–Trinajstić information content (AvgIpc) is 3.62. The smallest absolute Gasteiger partial charge is 0.243 e. The van der Waals surface area contributed by atoms with Crippen molar-refractivity contribution in [3.05, 3.63) is 59.7 Å². The summed E-state index contributed by atoms with van der Waals surface area (Å²) >= 11 is 0. The van der Waals surface area contributed by atoms with Crippen molar-refractivity contribution in [1.29, 1.82) is 0 Å². The maximum absolute atomic E-state index is 12.9. The van der Waals surface area contributed by atoms with Crippen LogP contribution in [-0.2, 0) is 27.8 Å². The van der Waals surface area contributed by atoms with Gasteiger partial charge in [0.05, 0.1) is 12.0 Å². The van der Waals surface area contributed by atoms with Gasteiger partial charge in [-0.25, -0.2) is 8.42 Å². The van der Waals surface area contributed by atoms with Gasteiger partial charge in [0.25, 0.3) is 0 Å². The molecule has 0 aliphatic heterocycles. The number of sulfonamides is 1.